The lowest BCUT2D eigenvalue weighted by atomic mass is 9.97. The van der Waals surface area contributed by atoms with Gasteiger partial charge in [0.2, 0.25) is 5.91 Å². The van der Waals surface area contributed by atoms with Crippen LogP contribution in [0, 0.1) is 0 Å². The highest BCUT2D eigenvalue weighted by molar-refractivity contribution is 7.84. The van der Waals surface area contributed by atoms with E-state index in [1.807, 2.05) is 0 Å². The smallest absolute Gasteiger partial charge is 0.362 e. The maximum absolute atomic E-state index is 12.4. The fourth-order valence-corrected chi connectivity index (χ4v) is 3.57. The summed E-state index contributed by atoms with van der Waals surface area (Å²) in [5, 5.41) is 7.33. The molecule has 0 unspecified atom stereocenters. The largest absolute Gasteiger partial charge is 0.398 e. The Morgan fingerprint density at radius 3 is 2.67 bits per heavy atom. The number of rotatable bonds is 7. The lowest BCUT2D eigenvalue weighted by molar-refractivity contribution is -0.142. The molecule has 146 valence electrons. The SMILES string of the molecule is CO/N=C(\C(=O)N[C@@H]1C(=O)N(S(=O)(=O)O)[C@H]1C=CC(N)=O)c1csc(N)n1. The molecule has 1 aliphatic rings. The van der Waals surface area contributed by atoms with Crippen LogP contribution in [-0.4, -0.2) is 64.9 Å². The molecule has 1 aromatic rings. The first kappa shape index (κ1) is 20.3. The molecule has 3 amide bonds. The minimum absolute atomic E-state index is 0.0690. The summed E-state index contributed by atoms with van der Waals surface area (Å²) in [5.74, 6) is -2.97. The number of carbonyl (C=O) groups excluding carboxylic acids is 3. The number of nitrogens with one attached hydrogen (secondary N) is 1. The average molecular weight is 418 g/mol. The van der Waals surface area contributed by atoms with E-state index in [2.05, 4.69) is 20.3 Å². The molecule has 1 aromatic heterocycles. The van der Waals surface area contributed by atoms with E-state index in [1.165, 1.54) is 12.5 Å². The van der Waals surface area contributed by atoms with Crippen LogP contribution in [0.25, 0.3) is 0 Å². The summed E-state index contributed by atoms with van der Waals surface area (Å²) in [6.07, 6.45) is 1.75. The van der Waals surface area contributed by atoms with Crippen molar-refractivity contribution >= 4 is 50.2 Å². The molecule has 15 heteroatoms. The minimum Gasteiger partial charge on any atom is -0.398 e. The summed E-state index contributed by atoms with van der Waals surface area (Å²) in [6.45, 7) is 0. The number of thiazole rings is 1. The molecular formula is C12H14N6O7S2. The fraction of sp³-hybridized carbons (Fsp3) is 0.250. The van der Waals surface area contributed by atoms with Gasteiger partial charge >= 0.3 is 10.3 Å². The van der Waals surface area contributed by atoms with Crippen molar-refractivity contribution in [1.29, 1.82) is 0 Å². The summed E-state index contributed by atoms with van der Waals surface area (Å²) in [5.41, 5.74) is 10.2. The number of nitrogens with two attached hydrogens (primary N) is 2. The number of oxime groups is 1. The van der Waals surface area contributed by atoms with Gasteiger partial charge in [-0.05, 0) is 0 Å². The molecule has 6 N–H and O–H groups in total. The maximum Gasteiger partial charge on any atom is 0.362 e. The molecule has 0 spiro atoms. The van der Waals surface area contributed by atoms with E-state index in [1.54, 1.807) is 0 Å². The predicted octanol–water partition coefficient (Wildman–Crippen LogP) is -2.38. The van der Waals surface area contributed by atoms with Crippen LogP contribution in [0.1, 0.15) is 5.69 Å². The number of hydrogen-bond donors (Lipinski definition) is 4. The number of aromatic nitrogens is 1. The van der Waals surface area contributed by atoms with E-state index in [9.17, 15) is 22.8 Å². The lowest BCUT2D eigenvalue weighted by Crippen LogP contribution is -2.71. The van der Waals surface area contributed by atoms with Gasteiger partial charge in [0.05, 0.1) is 6.04 Å². The Morgan fingerprint density at radius 2 is 2.19 bits per heavy atom. The third-order valence-electron chi connectivity index (χ3n) is 3.25. The van der Waals surface area contributed by atoms with Crippen LogP contribution in [0.3, 0.4) is 0 Å². The van der Waals surface area contributed by atoms with E-state index >= 15 is 0 Å². The predicted molar refractivity (Wildman–Crippen MR) is 92.5 cm³/mol. The van der Waals surface area contributed by atoms with Gasteiger partial charge in [0.25, 0.3) is 11.8 Å². The van der Waals surface area contributed by atoms with Crippen molar-refractivity contribution in [2.24, 2.45) is 10.9 Å². The monoisotopic (exact) mass is 418 g/mol. The van der Waals surface area contributed by atoms with Crippen molar-refractivity contribution in [1.82, 2.24) is 14.6 Å². The summed E-state index contributed by atoms with van der Waals surface area (Å²) in [6, 6.07) is -2.78. The molecule has 2 heterocycles. The summed E-state index contributed by atoms with van der Waals surface area (Å²) in [7, 11) is -3.74. The molecule has 0 aromatic carbocycles. The molecule has 1 saturated heterocycles. The lowest BCUT2D eigenvalue weighted by Gasteiger charge is -2.42. The second kappa shape index (κ2) is 7.68. The Hall–Kier alpha value is -3.04. The number of β-lactam (4-membered cyclic amide) rings is 1. The molecule has 1 fully saturated rings. The van der Waals surface area contributed by atoms with E-state index in [0.29, 0.717) is 0 Å². The van der Waals surface area contributed by atoms with Crippen molar-refractivity contribution in [2.75, 3.05) is 12.8 Å². The van der Waals surface area contributed by atoms with Crippen molar-refractivity contribution in [3.05, 3.63) is 23.2 Å². The molecule has 0 bridgehead atoms. The molecule has 0 aliphatic carbocycles. The second-order valence-electron chi connectivity index (χ2n) is 5.01. The first-order valence-corrected chi connectivity index (χ1v) is 9.25. The van der Waals surface area contributed by atoms with Gasteiger partial charge in [-0.25, -0.2) is 9.29 Å². The Bertz CT molecular complexity index is 938. The minimum atomic E-state index is -4.91. The van der Waals surface area contributed by atoms with Gasteiger partial charge in [-0.1, -0.05) is 11.2 Å². The topological polar surface area (TPSA) is 207 Å². The van der Waals surface area contributed by atoms with Crippen molar-refractivity contribution in [3.8, 4) is 0 Å². The average Bonchev–Trinajstić information content (AvgIpc) is 2.98. The van der Waals surface area contributed by atoms with Crippen molar-refractivity contribution < 1.29 is 32.2 Å². The number of hydrogen-bond acceptors (Lipinski definition) is 10. The number of primary amides is 1. The fourth-order valence-electron chi connectivity index (χ4n) is 2.18. The number of amides is 3. The van der Waals surface area contributed by atoms with Gasteiger partial charge in [-0.2, -0.15) is 8.42 Å². The van der Waals surface area contributed by atoms with E-state index in [4.69, 9.17) is 16.0 Å². The van der Waals surface area contributed by atoms with Gasteiger partial charge in [0.1, 0.15) is 18.8 Å². The number of carbonyl (C=O) groups is 3. The van der Waals surface area contributed by atoms with E-state index < -0.39 is 40.1 Å². The van der Waals surface area contributed by atoms with Gasteiger partial charge in [-0.15, -0.1) is 11.3 Å². The molecule has 27 heavy (non-hydrogen) atoms. The van der Waals surface area contributed by atoms with Crippen LogP contribution in [0.2, 0.25) is 0 Å². The van der Waals surface area contributed by atoms with Crippen LogP contribution < -0.4 is 16.8 Å². The van der Waals surface area contributed by atoms with Crippen LogP contribution >= 0.6 is 11.3 Å². The summed E-state index contributed by atoms with van der Waals surface area (Å²) in [4.78, 5) is 43.8. The highest BCUT2D eigenvalue weighted by Crippen LogP contribution is 2.25. The van der Waals surface area contributed by atoms with Crippen LogP contribution in [0.5, 0.6) is 0 Å². The standard InChI is InChI=1S/C12H14N6O7S2/c1-25-17-8(5-4-26-12(14)15-5)10(20)16-9-6(2-3-7(13)19)18(11(9)21)27(22,23)24/h2-4,6,9H,1H3,(H2,13,19)(H2,14,15)(H,16,20)(H,22,23,24)/b3-2?,17-8-/t6-,9-/m0/s1. The second-order valence-corrected chi connectivity index (χ2v) is 7.19. The van der Waals surface area contributed by atoms with Gasteiger partial charge in [0, 0.05) is 11.5 Å². The van der Waals surface area contributed by atoms with Crippen LogP contribution in [-0.2, 0) is 29.5 Å². The Kier molecular flexibility index (Phi) is 5.77. The summed E-state index contributed by atoms with van der Waals surface area (Å²) < 4.78 is 31.8. The third kappa shape index (κ3) is 4.39. The zero-order valence-electron chi connectivity index (χ0n) is 13.6. The highest BCUT2D eigenvalue weighted by Gasteiger charge is 2.53. The molecular weight excluding hydrogens is 404 g/mol. The Labute approximate surface area is 156 Å². The molecule has 2 atom stereocenters. The Morgan fingerprint density at radius 1 is 1.52 bits per heavy atom. The van der Waals surface area contributed by atoms with Gasteiger partial charge < -0.3 is 21.6 Å². The zero-order chi connectivity index (χ0) is 20.4. The molecule has 0 radical (unpaired) electrons. The van der Waals surface area contributed by atoms with E-state index in [0.717, 1.165) is 23.5 Å². The van der Waals surface area contributed by atoms with Crippen molar-refractivity contribution in [3.63, 3.8) is 0 Å². The maximum atomic E-state index is 12.4. The molecule has 1 aliphatic heterocycles. The highest BCUT2D eigenvalue weighted by atomic mass is 32.2. The third-order valence-corrected chi connectivity index (χ3v) is 4.85. The normalized spacial score (nSPS) is 20.4. The molecule has 2 rings (SSSR count). The number of anilines is 1. The molecule has 0 saturated carbocycles. The van der Waals surface area contributed by atoms with E-state index in [-0.39, 0.29) is 20.8 Å². The first-order chi connectivity index (χ1) is 12.6. The van der Waals surface area contributed by atoms with Crippen LogP contribution in [0.4, 0.5) is 5.13 Å². The van der Waals surface area contributed by atoms with Crippen LogP contribution in [0.15, 0.2) is 22.7 Å². The summed E-state index contributed by atoms with van der Waals surface area (Å²) >= 11 is 1.03. The Balaban J connectivity index is 2.27. The van der Waals surface area contributed by atoms with Gasteiger partial charge in [-0.3, -0.25) is 18.9 Å². The van der Waals surface area contributed by atoms with Crippen molar-refractivity contribution in [2.45, 2.75) is 12.1 Å². The quantitative estimate of drug-likeness (QED) is 0.122. The zero-order valence-corrected chi connectivity index (χ0v) is 15.2. The first-order valence-electron chi connectivity index (χ1n) is 6.98. The number of nitrogen functional groups attached to an aromatic ring is 1. The van der Waals surface area contributed by atoms with Gasteiger partial charge in [0.15, 0.2) is 10.8 Å². The molecule has 13 nitrogen and oxygen atoms in total. The number of nitrogens with zero attached hydrogens (tertiary/aromatic N) is 3.